The molecule has 3 aromatic rings. The molecule has 0 atom stereocenters. The lowest BCUT2D eigenvalue weighted by molar-refractivity contribution is -0.121. The van der Waals surface area contributed by atoms with Gasteiger partial charge in [0.2, 0.25) is 5.91 Å². The summed E-state index contributed by atoms with van der Waals surface area (Å²) in [6, 6.07) is 11.4. The fraction of sp³-hybridized carbons (Fsp3) is 0.348. The number of carbonyl (C=O) groups is 2. The molecule has 1 N–H and O–H groups in total. The molecule has 162 valence electrons. The van der Waals surface area contributed by atoms with Crippen molar-refractivity contribution in [1.82, 2.24) is 15.2 Å². The predicted molar refractivity (Wildman–Crippen MR) is 124 cm³/mol. The Morgan fingerprint density at radius 1 is 1.16 bits per heavy atom. The SMILES string of the molecule is CCOc1ccc(C(=O)N2CCC(NC(=O)Cc3csc(-c4cccs4)n3)CC2)cc1. The van der Waals surface area contributed by atoms with E-state index in [-0.39, 0.29) is 24.3 Å². The average Bonchev–Trinajstić information content (AvgIpc) is 3.47. The van der Waals surface area contributed by atoms with Crippen LogP contribution in [0.2, 0.25) is 0 Å². The van der Waals surface area contributed by atoms with Crippen molar-refractivity contribution in [3.8, 4) is 15.6 Å². The molecule has 1 fully saturated rings. The van der Waals surface area contributed by atoms with Gasteiger partial charge < -0.3 is 15.0 Å². The smallest absolute Gasteiger partial charge is 0.253 e. The molecule has 6 nitrogen and oxygen atoms in total. The van der Waals surface area contributed by atoms with Crippen molar-refractivity contribution in [2.75, 3.05) is 19.7 Å². The zero-order valence-electron chi connectivity index (χ0n) is 17.4. The van der Waals surface area contributed by atoms with Crippen LogP contribution in [0.4, 0.5) is 0 Å². The molecule has 8 heteroatoms. The molecular weight excluding hydrogens is 430 g/mol. The first-order valence-corrected chi connectivity index (χ1v) is 12.2. The third-order valence-electron chi connectivity index (χ3n) is 5.18. The number of ether oxygens (including phenoxy) is 1. The molecule has 2 aromatic heterocycles. The van der Waals surface area contributed by atoms with Crippen molar-refractivity contribution in [1.29, 1.82) is 0 Å². The van der Waals surface area contributed by atoms with Crippen LogP contribution in [0.5, 0.6) is 5.75 Å². The van der Waals surface area contributed by atoms with Crippen molar-refractivity contribution >= 4 is 34.5 Å². The molecule has 0 saturated carbocycles. The number of nitrogens with one attached hydrogen (secondary N) is 1. The number of thiazole rings is 1. The second-order valence-corrected chi connectivity index (χ2v) is 9.20. The molecule has 0 radical (unpaired) electrons. The lowest BCUT2D eigenvalue weighted by Gasteiger charge is -2.32. The third kappa shape index (κ3) is 5.51. The van der Waals surface area contributed by atoms with E-state index in [0.29, 0.717) is 25.3 Å². The molecule has 1 aromatic carbocycles. The lowest BCUT2D eigenvalue weighted by atomic mass is 10.0. The van der Waals surface area contributed by atoms with Gasteiger partial charge in [-0.1, -0.05) is 6.07 Å². The van der Waals surface area contributed by atoms with E-state index < -0.39 is 0 Å². The lowest BCUT2D eigenvalue weighted by Crippen LogP contribution is -2.46. The normalized spacial score (nSPS) is 14.4. The predicted octanol–water partition coefficient (Wildman–Crippen LogP) is 4.23. The van der Waals surface area contributed by atoms with Gasteiger partial charge >= 0.3 is 0 Å². The quantitative estimate of drug-likeness (QED) is 0.579. The van der Waals surface area contributed by atoms with Gasteiger partial charge in [0, 0.05) is 30.1 Å². The second kappa shape index (κ2) is 10.1. The van der Waals surface area contributed by atoms with Crippen LogP contribution in [0, 0.1) is 0 Å². The molecule has 0 unspecified atom stereocenters. The number of rotatable bonds is 7. The topological polar surface area (TPSA) is 71.5 Å². The number of likely N-dealkylation sites (tertiary alicyclic amines) is 1. The molecular formula is C23H25N3O3S2. The standard InChI is InChI=1S/C23H25N3O3S2/c1-2-29-19-7-5-16(6-8-19)23(28)26-11-9-17(10-12-26)24-21(27)14-18-15-31-22(25-18)20-4-3-13-30-20/h3-8,13,15,17H,2,9-12,14H2,1H3,(H,24,27). The zero-order valence-corrected chi connectivity index (χ0v) is 19.0. The summed E-state index contributed by atoms with van der Waals surface area (Å²) in [7, 11) is 0. The maximum atomic E-state index is 12.7. The molecule has 1 aliphatic heterocycles. The maximum Gasteiger partial charge on any atom is 0.253 e. The Labute approximate surface area is 189 Å². The van der Waals surface area contributed by atoms with E-state index in [2.05, 4.69) is 10.3 Å². The highest BCUT2D eigenvalue weighted by Crippen LogP contribution is 2.28. The van der Waals surface area contributed by atoms with Gasteiger partial charge in [-0.2, -0.15) is 0 Å². The minimum atomic E-state index is -0.0145. The Kier molecular flexibility index (Phi) is 6.99. The fourth-order valence-corrected chi connectivity index (χ4v) is 5.25. The Morgan fingerprint density at radius 3 is 2.61 bits per heavy atom. The monoisotopic (exact) mass is 455 g/mol. The van der Waals surface area contributed by atoms with E-state index in [1.807, 2.05) is 46.8 Å². The number of nitrogens with zero attached hydrogens (tertiary/aromatic N) is 2. The van der Waals surface area contributed by atoms with Crippen LogP contribution in [-0.2, 0) is 11.2 Å². The number of hydrogen-bond acceptors (Lipinski definition) is 6. The van der Waals surface area contributed by atoms with E-state index in [1.54, 1.807) is 34.8 Å². The van der Waals surface area contributed by atoms with Crippen LogP contribution < -0.4 is 10.1 Å². The van der Waals surface area contributed by atoms with Gasteiger partial charge in [0.25, 0.3) is 5.91 Å². The van der Waals surface area contributed by atoms with Gasteiger partial charge in [0.1, 0.15) is 10.8 Å². The Morgan fingerprint density at radius 2 is 1.94 bits per heavy atom. The van der Waals surface area contributed by atoms with E-state index in [9.17, 15) is 9.59 Å². The summed E-state index contributed by atoms with van der Waals surface area (Å²) in [6.07, 6.45) is 1.80. The van der Waals surface area contributed by atoms with Gasteiger partial charge in [-0.15, -0.1) is 22.7 Å². The van der Waals surface area contributed by atoms with E-state index >= 15 is 0 Å². The molecule has 3 heterocycles. The molecule has 1 aliphatic rings. The largest absolute Gasteiger partial charge is 0.494 e. The first-order valence-electron chi connectivity index (χ1n) is 10.4. The number of thiophene rings is 1. The van der Waals surface area contributed by atoms with Gasteiger partial charge in [-0.05, 0) is 55.5 Å². The maximum absolute atomic E-state index is 12.7. The number of amides is 2. The third-order valence-corrected chi connectivity index (χ3v) is 7.12. The van der Waals surface area contributed by atoms with Crippen molar-refractivity contribution in [2.24, 2.45) is 0 Å². The minimum Gasteiger partial charge on any atom is -0.494 e. The first kappa shape index (κ1) is 21.5. The van der Waals surface area contributed by atoms with Crippen LogP contribution >= 0.6 is 22.7 Å². The van der Waals surface area contributed by atoms with Crippen molar-refractivity contribution in [3.05, 3.63) is 58.4 Å². The number of benzene rings is 1. The summed E-state index contributed by atoms with van der Waals surface area (Å²) >= 11 is 3.22. The van der Waals surface area contributed by atoms with Gasteiger partial charge in [0.05, 0.1) is 23.6 Å². The molecule has 0 bridgehead atoms. The van der Waals surface area contributed by atoms with E-state index in [4.69, 9.17) is 4.74 Å². The molecule has 0 spiro atoms. The summed E-state index contributed by atoms with van der Waals surface area (Å²) in [5.41, 5.74) is 1.46. The van der Waals surface area contributed by atoms with Crippen LogP contribution in [0.15, 0.2) is 47.2 Å². The second-order valence-electron chi connectivity index (χ2n) is 7.39. The van der Waals surface area contributed by atoms with Crippen LogP contribution in [0.25, 0.3) is 9.88 Å². The molecule has 0 aliphatic carbocycles. The van der Waals surface area contributed by atoms with Crippen molar-refractivity contribution in [2.45, 2.75) is 32.2 Å². The number of piperidine rings is 1. The molecule has 1 saturated heterocycles. The fourth-order valence-electron chi connectivity index (χ4n) is 3.61. The summed E-state index contributed by atoms with van der Waals surface area (Å²) in [5.74, 6) is 0.777. The Bertz CT molecular complexity index is 1010. The first-order chi connectivity index (χ1) is 15.1. The van der Waals surface area contributed by atoms with Crippen LogP contribution in [-0.4, -0.2) is 47.4 Å². The Hall–Kier alpha value is -2.71. The highest BCUT2D eigenvalue weighted by molar-refractivity contribution is 7.20. The van der Waals surface area contributed by atoms with Gasteiger partial charge in [0.15, 0.2) is 0 Å². The van der Waals surface area contributed by atoms with Crippen molar-refractivity contribution in [3.63, 3.8) is 0 Å². The molecule has 2 amide bonds. The van der Waals surface area contributed by atoms with Crippen molar-refractivity contribution < 1.29 is 14.3 Å². The van der Waals surface area contributed by atoms with E-state index in [0.717, 1.165) is 34.2 Å². The average molecular weight is 456 g/mol. The summed E-state index contributed by atoms with van der Waals surface area (Å²) in [5, 5.41) is 8.04. The van der Waals surface area contributed by atoms with Gasteiger partial charge in [-0.3, -0.25) is 9.59 Å². The minimum absolute atomic E-state index is 0.0145. The van der Waals surface area contributed by atoms with Crippen LogP contribution in [0.1, 0.15) is 35.8 Å². The Balaban J connectivity index is 1.24. The number of hydrogen-bond donors (Lipinski definition) is 1. The number of aromatic nitrogens is 1. The summed E-state index contributed by atoms with van der Waals surface area (Å²) < 4.78 is 5.43. The van der Waals surface area contributed by atoms with E-state index in [1.165, 1.54) is 0 Å². The van der Waals surface area contributed by atoms with Crippen LogP contribution in [0.3, 0.4) is 0 Å². The molecule has 4 rings (SSSR count). The zero-order chi connectivity index (χ0) is 21.6. The summed E-state index contributed by atoms with van der Waals surface area (Å²) in [6.45, 7) is 3.80. The highest BCUT2D eigenvalue weighted by Gasteiger charge is 2.25. The van der Waals surface area contributed by atoms with Gasteiger partial charge in [-0.25, -0.2) is 4.98 Å². The molecule has 31 heavy (non-hydrogen) atoms. The summed E-state index contributed by atoms with van der Waals surface area (Å²) in [4.78, 5) is 32.8. The highest BCUT2D eigenvalue weighted by atomic mass is 32.1. The number of carbonyl (C=O) groups excluding carboxylic acids is 2.